The number of nitrogen functional groups attached to an aromatic ring is 1. The second-order valence-electron chi connectivity index (χ2n) is 6.45. The molecule has 0 unspecified atom stereocenters. The minimum Gasteiger partial charge on any atom is -0.493 e. The number of para-hydroxylation sites is 1. The fourth-order valence-corrected chi connectivity index (χ4v) is 2.77. The van der Waals surface area contributed by atoms with Crippen LogP contribution in [0.2, 0.25) is 0 Å². The van der Waals surface area contributed by atoms with Gasteiger partial charge in [-0.25, -0.2) is 8.78 Å². The summed E-state index contributed by atoms with van der Waals surface area (Å²) in [5, 5.41) is 0. The van der Waals surface area contributed by atoms with Crippen LogP contribution in [0.15, 0.2) is 41.4 Å². The molecule has 0 radical (unpaired) electrons. The Bertz CT molecular complexity index is 862. The molecule has 2 N–H and O–H groups in total. The Labute approximate surface area is 157 Å². The maximum absolute atomic E-state index is 13.3. The minimum atomic E-state index is -0.994. The molecule has 3 rings (SSSR count). The van der Waals surface area contributed by atoms with Crippen LogP contribution in [0.3, 0.4) is 0 Å². The second-order valence-corrected chi connectivity index (χ2v) is 6.45. The smallest absolute Gasteiger partial charge is 0.168 e. The van der Waals surface area contributed by atoms with E-state index in [1.54, 1.807) is 13.2 Å². The van der Waals surface area contributed by atoms with Gasteiger partial charge < -0.3 is 15.2 Å². The molecule has 27 heavy (non-hydrogen) atoms. The lowest BCUT2D eigenvalue weighted by atomic mass is 9.86. The Hall–Kier alpha value is -2.89. The molecule has 0 aromatic heterocycles. The quantitative estimate of drug-likeness (QED) is 0.540. The van der Waals surface area contributed by atoms with E-state index in [9.17, 15) is 8.78 Å². The lowest BCUT2D eigenvalue weighted by molar-refractivity contribution is 0.175. The molecule has 0 amide bonds. The van der Waals surface area contributed by atoms with E-state index >= 15 is 0 Å². The molecule has 0 saturated heterocycles. The first-order chi connectivity index (χ1) is 13.1. The van der Waals surface area contributed by atoms with E-state index in [4.69, 9.17) is 15.2 Å². The van der Waals surface area contributed by atoms with E-state index in [0.29, 0.717) is 24.0 Å². The van der Waals surface area contributed by atoms with Gasteiger partial charge in [0.2, 0.25) is 0 Å². The van der Waals surface area contributed by atoms with Crippen molar-refractivity contribution in [3.8, 4) is 11.5 Å². The summed E-state index contributed by atoms with van der Waals surface area (Å²) in [4.78, 5) is 4.08. The number of nitrogens with two attached hydrogens (primary N) is 1. The maximum atomic E-state index is 13.3. The molecule has 2 aromatic carbocycles. The number of halogens is 2. The number of hydrogen-bond acceptors (Lipinski definition) is 4. The highest BCUT2D eigenvalue weighted by atomic mass is 19.2. The van der Waals surface area contributed by atoms with Crippen LogP contribution in [-0.2, 0) is 0 Å². The average molecular weight is 372 g/mol. The van der Waals surface area contributed by atoms with Crippen molar-refractivity contribution in [1.82, 2.24) is 0 Å². The van der Waals surface area contributed by atoms with Gasteiger partial charge in [-0.15, -0.1) is 0 Å². The fourth-order valence-electron chi connectivity index (χ4n) is 2.77. The van der Waals surface area contributed by atoms with Crippen molar-refractivity contribution < 1.29 is 18.3 Å². The van der Waals surface area contributed by atoms with Crippen LogP contribution < -0.4 is 15.2 Å². The van der Waals surface area contributed by atoms with E-state index in [2.05, 4.69) is 4.99 Å². The first-order valence-corrected chi connectivity index (χ1v) is 8.83. The average Bonchev–Trinajstić information content (AvgIpc) is 2.62. The predicted molar refractivity (Wildman–Crippen MR) is 104 cm³/mol. The van der Waals surface area contributed by atoms with Crippen LogP contribution >= 0.6 is 0 Å². The van der Waals surface area contributed by atoms with Gasteiger partial charge in [0.25, 0.3) is 0 Å². The molecule has 0 bridgehead atoms. The van der Waals surface area contributed by atoms with Gasteiger partial charge in [0, 0.05) is 23.9 Å². The van der Waals surface area contributed by atoms with Gasteiger partial charge in [-0.05, 0) is 37.0 Å². The van der Waals surface area contributed by atoms with Crippen LogP contribution in [0.25, 0.3) is 6.08 Å². The molecule has 0 spiro atoms. The molecule has 2 aromatic rings. The van der Waals surface area contributed by atoms with Gasteiger partial charge in [0.1, 0.15) is 0 Å². The van der Waals surface area contributed by atoms with Gasteiger partial charge in [-0.3, -0.25) is 4.99 Å². The minimum absolute atomic E-state index is 0.0736. The third-order valence-corrected chi connectivity index (χ3v) is 4.56. The summed E-state index contributed by atoms with van der Waals surface area (Å²) >= 11 is 0. The van der Waals surface area contributed by atoms with Gasteiger partial charge in [0.05, 0.1) is 25.1 Å². The van der Waals surface area contributed by atoms with Gasteiger partial charge in [-0.2, -0.15) is 0 Å². The number of anilines is 1. The van der Waals surface area contributed by atoms with Crippen molar-refractivity contribution in [3.05, 3.63) is 53.6 Å². The fraction of sp³-hybridized carbons (Fsp3) is 0.286. The number of hydrogen-bond donors (Lipinski definition) is 1. The molecule has 1 fully saturated rings. The number of nitrogens with zero attached hydrogens (tertiary/aromatic N) is 1. The normalized spacial score (nSPS) is 14.6. The standard InChI is InChI=1S/C21H22F2N2O2/c1-26-20-9-3-7-15(21(20)27-13-14-5-2-6-14)8-4-10-25-19-12-17(23)16(22)11-18(19)24/h3-4,7-12,14H,2,5-6,13,24H2,1H3/b8-4+,25-10?. The molecular weight excluding hydrogens is 350 g/mol. The third-order valence-electron chi connectivity index (χ3n) is 4.56. The summed E-state index contributed by atoms with van der Waals surface area (Å²) in [7, 11) is 1.60. The lowest BCUT2D eigenvalue weighted by Crippen LogP contribution is -2.19. The zero-order valence-corrected chi connectivity index (χ0v) is 15.1. The summed E-state index contributed by atoms with van der Waals surface area (Å²) in [5.41, 5.74) is 6.74. The Morgan fingerprint density at radius 3 is 2.70 bits per heavy atom. The Kier molecular flexibility index (Phi) is 6.06. The van der Waals surface area contributed by atoms with Crippen LogP contribution in [0, 0.1) is 17.6 Å². The van der Waals surface area contributed by atoms with Crippen molar-refractivity contribution in [2.45, 2.75) is 19.3 Å². The van der Waals surface area contributed by atoms with Gasteiger partial charge >= 0.3 is 0 Å². The summed E-state index contributed by atoms with van der Waals surface area (Å²) < 4.78 is 37.8. The first-order valence-electron chi connectivity index (χ1n) is 8.83. The number of allylic oxidation sites excluding steroid dienone is 1. The zero-order chi connectivity index (χ0) is 19.2. The highest BCUT2D eigenvalue weighted by molar-refractivity contribution is 5.83. The van der Waals surface area contributed by atoms with Crippen molar-refractivity contribution in [2.24, 2.45) is 10.9 Å². The van der Waals surface area contributed by atoms with E-state index in [1.807, 2.05) is 24.3 Å². The maximum Gasteiger partial charge on any atom is 0.168 e. The summed E-state index contributed by atoms with van der Waals surface area (Å²) in [6.07, 6.45) is 8.63. The molecular formula is C21H22F2N2O2. The monoisotopic (exact) mass is 372 g/mol. The zero-order valence-electron chi connectivity index (χ0n) is 15.1. The Balaban J connectivity index is 1.75. The molecule has 0 heterocycles. The lowest BCUT2D eigenvalue weighted by Gasteiger charge is -2.26. The summed E-state index contributed by atoms with van der Waals surface area (Å²) in [6, 6.07) is 7.52. The topological polar surface area (TPSA) is 56.8 Å². The number of ether oxygens (including phenoxy) is 2. The molecule has 1 aliphatic carbocycles. The highest BCUT2D eigenvalue weighted by Gasteiger charge is 2.19. The van der Waals surface area contributed by atoms with Crippen LogP contribution in [0.1, 0.15) is 24.8 Å². The van der Waals surface area contributed by atoms with E-state index in [-0.39, 0.29) is 11.4 Å². The summed E-state index contributed by atoms with van der Waals surface area (Å²) in [5.74, 6) is -0.0294. The molecule has 1 saturated carbocycles. The van der Waals surface area contributed by atoms with Gasteiger partial charge in [0.15, 0.2) is 23.1 Å². The highest BCUT2D eigenvalue weighted by Crippen LogP contribution is 2.34. The molecule has 1 aliphatic rings. The van der Waals surface area contributed by atoms with E-state index in [1.165, 1.54) is 25.5 Å². The van der Waals surface area contributed by atoms with Crippen LogP contribution in [0.4, 0.5) is 20.2 Å². The Morgan fingerprint density at radius 2 is 2.00 bits per heavy atom. The number of benzene rings is 2. The largest absolute Gasteiger partial charge is 0.493 e. The number of methoxy groups -OCH3 is 1. The number of rotatable bonds is 7. The van der Waals surface area contributed by atoms with Crippen molar-refractivity contribution >= 4 is 23.7 Å². The third kappa shape index (κ3) is 4.64. The summed E-state index contributed by atoms with van der Waals surface area (Å²) in [6.45, 7) is 0.667. The van der Waals surface area contributed by atoms with Crippen molar-refractivity contribution in [1.29, 1.82) is 0 Å². The van der Waals surface area contributed by atoms with Crippen LogP contribution in [-0.4, -0.2) is 19.9 Å². The molecule has 4 nitrogen and oxygen atoms in total. The van der Waals surface area contributed by atoms with Crippen molar-refractivity contribution in [3.63, 3.8) is 0 Å². The van der Waals surface area contributed by atoms with Crippen LogP contribution in [0.5, 0.6) is 11.5 Å². The molecule has 0 atom stereocenters. The van der Waals surface area contributed by atoms with Gasteiger partial charge in [-0.1, -0.05) is 18.6 Å². The Morgan fingerprint density at radius 1 is 1.22 bits per heavy atom. The van der Waals surface area contributed by atoms with E-state index in [0.717, 1.165) is 17.7 Å². The predicted octanol–water partition coefficient (Wildman–Crippen LogP) is 5.15. The first kappa shape index (κ1) is 18.9. The SMILES string of the molecule is COc1cccc(/C=C/C=Nc2cc(F)c(F)cc2N)c1OCC1CCC1. The second kappa shape index (κ2) is 8.66. The molecule has 6 heteroatoms. The van der Waals surface area contributed by atoms with Crippen molar-refractivity contribution in [2.75, 3.05) is 19.5 Å². The van der Waals surface area contributed by atoms with E-state index < -0.39 is 11.6 Å². The molecule has 0 aliphatic heterocycles. The molecule has 142 valence electrons. The number of aliphatic imine (C=N–C) groups is 1.